The Bertz CT molecular complexity index is 1370. The molecule has 0 bridgehead atoms. The number of anilines is 2. The number of aromatic nitrogens is 3. The molecule has 5 rings (SSSR count). The van der Waals surface area contributed by atoms with Gasteiger partial charge < -0.3 is 14.8 Å². The predicted molar refractivity (Wildman–Crippen MR) is 142 cm³/mol. The number of hydrogen-bond donors (Lipinski definition) is 1. The first kappa shape index (κ1) is 24.4. The molecule has 1 aliphatic heterocycles. The van der Waals surface area contributed by atoms with Gasteiger partial charge in [0.05, 0.1) is 36.0 Å². The molecule has 1 fully saturated rings. The summed E-state index contributed by atoms with van der Waals surface area (Å²) in [7, 11) is 0. The van der Waals surface area contributed by atoms with Crippen molar-refractivity contribution >= 4 is 33.7 Å². The number of likely N-dealkylation sites (tertiary alicyclic amines) is 1. The number of ether oxygens (including phenoxy) is 2. The van der Waals surface area contributed by atoms with E-state index < -0.39 is 0 Å². The molecule has 36 heavy (non-hydrogen) atoms. The number of nitrogens with zero attached hydrogens (tertiary/aromatic N) is 4. The van der Waals surface area contributed by atoms with Gasteiger partial charge in [-0.2, -0.15) is 0 Å². The van der Waals surface area contributed by atoms with Gasteiger partial charge in [0.15, 0.2) is 11.5 Å². The minimum absolute atomic E-state index is 0.312. The summed E-state index contributed by atoms with van der Waals surface area (Å²) >= 11 is 1.50. The van der Waals surface area contributed by atoms with E-state index in [4.69, 9.17) is 19.4 Å². The maximum atomic E-state index is 14.7. The first-order valence-corrected chi connectivity index (χ1v) is 13.2. The molecule has 188 valence electrons. The van der Waals surface area contributed by atoms with Crippen molar-refractivity contribution in [2.45, 2.75) is 40.2 Å². The summed E-state index contributed by atoms with van der Waals surface area (Å²) in [5, 5.41) is 6.99. The molecule has 2 aromatic heterocycles. The number of halogens is 1. The third kappa shape index (κ3) is 5.27. The van der Waals surface area contributed by atoms with Gasteiger partial charge in [0.1, 0.15) is 17.5 Å². The van der Waals surface area contributed by atoms with Gasteiger partial charge in [-0.15, -0.1) is 11.3 Å². The van der Waals surface area contributed by atoms with Crippen LogP contribution in [0.25, 0.3) is 22.2 Å². The quantitative estimate of drug-likeness (QED) is 0.283. The molecule has 0 saturated carbocycles. The van der Waals surface area contributed by atoms with Crippen molar-refractivity contribution in [3.8, 4) is 22.8 Å². The van der Waals surface area contributed by atoms with Gasteiger partial charge in [-0.1, -0.05) is 0 Å². The number of thiazole rings is 1. The number of aryl methyl sites for hydroxylation is 1. The first-order chi connectivity index (χ1) is 17.5. The van der Waals surface area contributed by atoms with Crippen LogP contribution in [0.1, 0.15) is 37.5 Å². The average Bonchev–Trinajstić information content (AvgIpc) is 3.53. The Labute approximate surface area is 214 Å². The second-order valence-electron chi connectivity index (χ2n) is 8.73. The molecular formula is C27H30FN5O2S. The summed E-state index contributed by atoms with van der Waals surface area (Å²) in [6.07, 6.45) is 2.39. The van der Waals surface area contributed by atoms with E-state index in [1.807, 2.05) is 38.3 Å². The zero-order valence-corrected chi connectivity index (χ0v) is 21.6. The monoisotopic (exact) mass is 507 g/mol. The van der Waals surface area contributed by atoms with Crippen LogP contribution in [0.4, 0.5) is 15.9 Å². The highest BCUT2D eigenvalue weighted by Gasteiger charge is 2.18. The Morgan fingerprint density at radius 1 is 1.00 bits per heavy atom. The first-order valence-electron chi connectivity index (χ1n) is 12.4. The maximum Gasteiger partial charge on any atom is 0.163 e. The molecule has 1 aliphatic rings. The number of rotatable bonds is 9. The van der Waals surface area contributed by atoms with Crippen LogP contribution < -0.4 is 14.8 Å². The summed E-state index contributed by atoms with van der Waals surface area (Å²) < 4.78 is 26.4. The lowest BCUT2D eigenvalue weighted by molar-refractivity contribution is 0.288. The summed E-state index contributed by atoms with van der Waals surface area (Å²) in [5.74, 6) is 2.37. The molecule has 1 saturated heterocycles. The SMILES string of the molecule is CCOc1cc2nc(CN3CCCC3)nc(Nc3ccc(F)c(-c4csc(C)n4)c3)c2cc1OCC. The zero-order valence-electron chi connectivity index (χ0n) is 20.8. The topological polar surface area (TPSA) is 72.4 Å². The van der Waals surface area contributed by atoms with E-state index in [1.54, 1.807) is 12.1 Å². The highest BCUT2D eigenvalue weighted by atomic mass is 32.1. The standard InChI is InChI=1S/C27H30FN5O2S/c1-4-34-24-13-20-22(14-25(24)35-5-2)31-26(15-33-10-6-7-11-33)32-27(20)30-18-8-9-21(28)19(12-18)23-16-36-17(3)29-23/h8-9,12-14,16H,4-7,10-11,15H2,1-3H3,(H,30,31,32). The lowest BCUT2D eigenvalue weighted by atomic mass is 10.1. The van der Waals surface area contributed by atoms with Gasteiger partial charge in [-0.05, 0) is 71.0 Å². The maximum absolute atomic E-state index is 14.7. The van der Waals surface area contributed by atoms with Crippen LogP contribution in [0.5, 0.6) is 11.5 Å². The van der Waals surface area contributed by atoms with Crippen molar-refractivity contribution in [1.82, 2.24) is 19.9 Å². The molecular weight excluding hydrogens is 477 g/mol. The summed E-state index contributed by atoms with van der Waals surface area (Å²) in [6, 6.07) is 8.78. The van der Waals surface area contributed by atoms with Crippen LogP contribution in [0.3, 0.4) is 0 Å². The molecule has 2 aromatic carbocycles. The van der Waals surface area contributed by atoms with Crippen molar-refractivity contribution in [2.24, 2.45) is 0 Å². The number of nitrogens with one attached hydrogen (secondary N) is 1. The normalized spacial score (nSPS) is 13.9. The third-order valence-corrected chi connectivity index (χ3v) is 6.87. The lowest BCUT2D eigenvalue weighted by Crippen LogP contribution is -2.20. The Kier molecular flexibility index (Phi) is 7.29. The number of hydrogen-bond acceptors (Lipinski definition) is 8. The van der Waals surface area contributed by atoms with E-state index >= 15 is 0 Å². The van der Waals surface area contributed by atoms with Crippen molar-refractivity contribution in [3.63, 3.8) is 0 Å². The minimum atomic E-state index is -0.312. The van der Waals surface area contributed by atoms with E-state index in [-0.39, 0.29) is 5.82 Å². The highest BCUT2D eigenvalue weighted by Crippen LogP contribution is 2.36. The van der Waals surface area contributed by atoms with Crippen molar-refractivity contribution in [3.05, 3.63) is 52.4 Å². The van der Waals surface area contributed by atoms with Gasteiger partial charge in [0, 0.05) is 28.1 Å². The molecule has 0 spiro atoms. The molecule has 0 amide bonds. The predicted octanol–water partition coefficient (Wildman–Crippen LogP) is 6.34. The van der Waals surface area contributed by atoms with E-state index in [0.29, 0.717) is 48.3 Å². The molecule has 0 atom stereocenters. The van der Waals surface area contributed by atoms with E-state index in [2.05, 4.69) is 15.2 Å². The molecule has 0 unspecified atom stereocenters. The fraction of sp³-hybridized carbons (Fsp3) is 0.370. The Balaban J connectivity index is 1.58. The van der Waals surface area contributed by atoms with Crippen LogP contribution in [0.2, 0.25) is 0 Å². The molecule has 0 radical (unpaired) electrons. The van der Waals surface area contributed by atoms with Crippen LogP contribution >= 0.6 is 11.3 Å². The van der Waals surface area contributed by atoms with E-state index in [9.17, 15) is 4.39 Å². The van der Waals surface area contributed by atoms with Crippen molar-refractivity contribution in [2.75, 3.05) is 31.6 Å². The van der Waals surface area contributed by atoms with Crippen molar-refractivity contribution < 1.29 is 13.9 Å². The zero-order chi connectivity index (χ0) is 25.1. The van der Waals surface area contributed by atoms with Crippen LogP contribution in [-0.4, -0.2) is 46.2 Å². The van der Waals surface area contributed by atoms with E-state index in [0.717, 1.165) is 40.5 Å². The van der Waals surface area contributed by atoms with Crippen LogP contribution in [-0.2, 0) is 6.54 Å². The number of benzene rings is 2. The van der Waals surface area contributed by atoms with E-state index in [1.165, 1.54) is 30.2 Å². The Morgan fingerprint density at radius 3 is 2.44 bits per heavy atom. The summed E-state index contributed by atoms with van der Waals surface area (Å²) in [5.41, 5.74) is 2.57. The van der Waals surface area contributed by atoms with Gasteiger partial charge in [0.2, 0.25) is 0 Å². The Hall–Kier alpha value is -3.30. The molecule has 0 aliphatic carbocycles. The second-order valence-corrected chi connectivity index (χ2v) is 9.79. The summed E-state index contributed by atoms with van der Waals surface area (Å²) in [4.78, 5) is 16.6. The minimum Gasteiger partial charge on any atom is -0.490 e. The molecule has 3 heterocycles. The van der Waals surface area contributed by atoms with Crippen LogP contribution in [0, 0.1) is 12.7 Å². The van der Waals surface area contributed by atoms with Crippen molar-refractivity contribution in [1.29, 1.82) is 0 Å². The fourth-order valence-corrected chi connectivity index (χ4v) is 5.06. The molecule has 9 heteroatoms. The third-order valence-electron chi connectivity index (χ3n) is 6.09. The summed E-state index contributed by atoms with van der Waals surface area (Å²) in [6.45, 7) is 9.60. The lowest BCUT2D eigenvalue weighted by Gasteiger charge is -2.18. The smallest absolute Gasteiger partial charge is 0.163 e. The fourth-order valence-electron chi connectivity index (χ4n) is 4.45. The van der Waals surface area contributed by atoms with Gasteiger partial charge in [0.25, 0.3) is 0 Å². The van der Waals surface area contributed by atoms with Gasteiger partial charge in [-0.3, -0.25) is 4.90 Å². The largest absolute Gasteiger partial charge is 0.490 e. The molecule has 4 aromatic rings. The highest BCUT2D eigenvalue weighted by molar-refractivity contribution is 7.09. The van der Waals surface area contributed by atoms with Gasteiger partial charge >= 0.3 is 0 Å². The average molecular weight is 508 g/mol. The second kappa shape index (κ2) is 10.8. The Morgan fingerprint density at radius 2 is 1.75 bits per heavy atom. The molecule has 1 N–H and O–H groups in total. The van der Waals surface area contributed by atoms with Gasteiger partial charge in [-0.25, -0.2) is 19.3 Å². The van der Waals surface area contributed by atoms with Crippen LogP contribution in [0.15, 0.2) is 35.7 Å². The number of fused-ring (bicyclic) bond motifs is 1. The molecule has 7 nitrogen and oxygen atoms in total.